The molecule has 3 heterocycles. The van der Waals surface area contributed by atoms with Crippen molar-refractivity contribution in [3.8, 4) is 73.2 Å². The molecule has 12 rings (SSSR count). The van der Waals surface area contributed by atoms with Crippen molar-refractivity contribution in [1.29, 1.82) is 0 Å². The first-order chi connectivity index (χ1) is 39.2. The molecule has 0 saturated heterocycles. The molecule has 0 radical (unpaired) electrons. The number of hydrogen-bond acceptors (Lipinski definition) is 3. The first kappa shape index (κ1) is 55.0. The highest BCUT2D eigenvalue weighted by Crippen LogP contribution is 2.47. The van der Waals surface area contributed by atoms with Crippen molar-refractivity contribution in [3.63, 3.8) is 0 Å². The summed E-state index contributed by atoms with van der Waals surface area (Å²) >= 11 is 0. The van der Waals surface area contributed by atoms with E-state index < -0.39 is 0 Å². The van der Waals surface area contributed by atoms with Crippen LogP contribution in [0.25, 0.3) is 111 Å². The molecule has 416 valence electrons. The monoisotopic (exact) mass is 1090 g/mol. The van der Waals surface area contributed by atoms with Gasteiger partial charge < -0.3 is 9.67 Å². The van der Waals surface area contributed by atoms with E-state index in [1.54, 1.807) is 0 Å². The molecule has 83 heavy (non-hydrogen) atoms. The van der Waals surface area contributed by atoms with Gasteiger partial charge in [-0.15, -0.1) is 0 Å². The summed E-state index contributed by atoms with van der Waals surface area (Å²) in [4.78, 5) is 10.8. The Hall–Kier alpha value is -8.54. The minimum atomic E-state index is -0.223. The Morgan fingerprint density at radius 3 is 1.70 bits per heavy atom. The second-order valence-electron chi connectivity index (χ2n) is 28.2. The van der Waals surface area contributed by atoms with E-state index in [1.165, 1.54) is 60.4 Å². The van der Waals surface area contributed by atoms with Crippen molar-refractivity contribution in [2.45, 2.75) is 131 Å². The number of para-hydroxylation sites is 3. The second kappa shape index (κ2) is 19.8. The molecule has 9 aromatic carbocycles. The van der Waals surface area contributed by atoms with Crippen LogP contribution in [0.1, 0.15) is 132 Å². The standard InChI is InChI=1S/C78H78N4O/c1-74(2,3)53-33-35-59-49(40-53)32-36-65(78(13,14)15)70(59)52-31-34-63(69(83)42-52)73-80-71-64(46-56(77(10,11)12)47-68(71)82(73)58-44-54(75(4,5)6)43-55(45-58)76(7,8)9)48-23-21-24-51(39-48)66-41-50(37-38-79-66)60-28-22-29-62-61-27-19-20-30-67(61)81(72(60)62)57-25-17-16-18-26-57/h16-47,83H,1-15H3. The fourth-order valence-corrected chi connectivity index (χ4v) is 12.2. The van der Waals surface area contributed by atoms with Crippen molar-refractivity contribution in [1.82, 2.24) is 19.1 Å². The number of phenols is 1. The Kier molecular flexibility index (Phi) is 13.1. The van der Waals surface area contributed by atoms with Crippen LogP contribution in [0.3, 0.4) is 0 Å². The van der Waals surface area contributed by atoms with Gasteiger partial charge in [0.25, 0.3) is 0 Å². The van der Waals surface area contributed by atoms with Gasteiger partial charge in [0.1, 0.15) is 11.6 Å². The molecular weight excluding hydrogens is 1010 g/mol. The fraction of sp³-hybridized carbons (Fsp3) is 0.256. The van der Waals surface area contributed by atoms with E-state index >= 15 is 0 Å². The first-order valence-corrected chi connectivity index (χ1v) is 29.5. The summed E-state index contributed by atoms with van der Waals surface area (Å²) in [6.45, 7) is 34.2. The van der Waals surface area contributed by atoms with Gasteiger partial charge in [-0.2, -0.15) is 0 Å². The highest BCUT2D eigenvalue weighted by molar-refractivity contribution is 6.14. The third-order valence-electron chi connectivity index (χ3n) is 17.0. The van der Waals surface area contributed by atoms with Crippen LogP contribution in [-0.2, 0) is 27.1 Å². The lowest BCUT2D eigenvalue weighted by atomic mass is 9.78. The molecule has 0 unspecified atom stereocenters. The summed E-state index contributed by atoms with van der Waals surface area (Å²) < 4.78 is 4.72. The minimum absolute atomic E-state index is 0.00579. The fourth-order valence-electron chi connectivity index (χ4n) is 12.2. The zero-order chi connectivity index (χ0) is 58.7. The van der Waals surface area contributed by atoms with Gasteiger partial charge in [-0.3, -0.25) is 9.55 Å². The lowest BCUT2D eigenvalue weighted by molar-refractivity contribution is 0.477. The number of nitrogens with zero attached hydrogens (tertiary/aromatic N) is 4. The van der Waals surface area contributed by atoms with Crippen LogP contribution in [-0.4, -0.2) is 24.2 Å². The van der Waals surface area contributed by atoms with Gasteiger partial charge in [0.05, 0.1) is 33.3 Å². The first-order valence-electron chi connectivity index (χ1n) is 29.5. The van der Waals surface area contributed by atoms with E-state index in [1.807, 2.05) is 12.3 Å². The van der Waals surface area contributed by atoms with Gasteiger partial charge in [0, 0.05) is 45.0 Å². The zero-order valence-corrected chi connectivity index (χ0v) is 51.2. The Labute approximate surface area is 491 Å². The van der Waals surface area contributed by atoms with Crippen molar-refractivity contribution in [3.05, 3.63) is 222 Å². The smallest absolute Gasteiger partial charge is 0.149 e. The maximum Gasteiger partial charge on any atom is 0.149 e. The molecular formula is C78H78N4O. The molecule has 0 aliphatic rings. The lowest BCUT2D eigenvalue weighted by Crippen LogP contribution is -2.17. The maximum absolute atomic E-state index is 12.8. The molecule has 0 spiro atoms. The molecule has 5 heteroatoms. The summed E-state index contributed by atoms with van der Waals surface area (Å²) in [6, 6.07) is 68.6. The number of fused-ring (bicyclic) bond motifs is 5. The van der Waals surface area contributed by atoms with Crippen molar-refractivity contribution in [2.24, 2.45) is 0 Å². The predicted molar refractivity (Wildman–Crippen MR) is 353 cm³/mol. The van der Waals surface area contributed by atoms with Crippen LogP contribution >= 0.6 is 0 Å². The third-order valence-corrected chi connectivity index (χ3v) is 17.0. The van der Waals surface area contributed by atoms with E-state index in [4.69, 9.17) is 9.97 Å². The zero-order valence-electron chi connectivity index (χ0n) is 51.2. The van der Waals surface area contributed by atoms with Crippen molar-refractivity contribution >= 4 is 43.6 Å². The van der Waals surface area contributed by atoms with Crippen LogP contribution in [0, 0.1) is 0 Å². The molecule has 0 atom stereocenters. The molecule has 0 amide bonds. The number of pyridine rings is 1. The molecule has 0 saturated carbocycles. The number of benzene rings is 9. The van der Waals surface area contributed by atoms with Gasteiger partial charge in [-0.1, -0.05) is 219 Å². The average molecular weight is 1090 g/mol. The van der Waals surface area contributed by atoms with Crippen LogP contribution < -0.4 is 0 Å². The maximum atomic E-state index is 12.8. The number of phenolic OH excluding ortho intramolecular Hbond substituents is 1. The number of imidazole rings is 1. The average Bonchev–Trinajstić information content (AvgIpc) is 2.90. The second-order valence-corrected chi connectivity index (χ2v) is 28.2. The van der Waals surface area contributed by atoms with Gasteiger partial charge in [-0.25, -0.2) is 4.98 Å². The molecule has 0 bridgehead atoms. The highest BCUT2D eigenvalue weighted by Gasteiger charge is 2.29. The summed E-state index contributed by atoms with van der Waals surface area (Å²) in [6.07, 6.45) is 1.94. The Balaban J connectivity index is 1.07. The number of aromatic hydroxyl groups is 1. The van der Waals surface area contributed by atoms with Gasteiger partial charge in [0.15, 0.2) is 0 Å². The molecule has 5 nitrogen and oxygen atoms in total. The SMILES string of the molecule is CC(C)(C)c1cc(-n2c(-c3ccc(-c4c(C(C)(C)C)ccc5cc(C(C)(C)C)ccc45)cc3O)nc3c(-c4cccc(-c5cc(-c6cccc7c8ccccc8n(-c8ccccc8)c67)ccn5)c4)cc(C(C)(C)C)cc32)cc(C(C)(C)C)c1. The number of aromatic nitrogens is 4. The van der Waals surface area contributed by atoms with E-state index in [0.717, 1.165) is 67.0 Å². The van der Waals surface area contributed by atoms with Crippen LogP contribution in [0.15, 0.2) is 194 Å². The molecule has 0 aliphatic carbocycles. The third kappa shape index (κ3) is 10.0. The number of hydrogen-bond donors (Lipinski definition) is 1. The van der Waals surface area contributed by atoms with Gasteiger partial charge >= 0.3 is 0 Å². The predicted octanol–water partition coefficient (Wildman–Crippen LogP) is 21.2. The van der Waals surface area contributed by atoms with Gasteiger partial charge in [0.2, 0.25) is 0 Å². The molecule has 0 fully saturated rings. The van der Waals surface area contributed by atoms with E-state index in [0.29, 0.717) is 11.4 Å². The summed E-state index contributed by atoms with van der Waals surface area (Å²) in [5, 5.41) is 17.6. The lowest BCUT2D eigenvalue weighted by Gasteiger charge is -2.27. The van der Waals surface area contributed by atoms with Gasteiger partial charge in [-0.05, 0) is 161 Å². The minimum Gasteiger partial charge on any atom is -0.507 e. The van der Waals surface area contributed by atoms with E-state index in [2.05, 4.69) is 295 Å². The quantitative estimate of drug-likeness (QED) is 0.173. The highest BCUT2D eigenvalue weighted by atomic mass is 16.3. The normalized spacial score (nSPS) is 12.8. The Morgan fingerprint density at radius 1 is 0.373 bits per heavy atom. The molecule has 1 N–H and O–H groups in total. The number of rotatable bonds is 7. The van der Waals surface area contributed by atoms with Crippen molar-refractivity contribution in [2.75, 3.05) is 0 Å². The largest absolute Gasteiger partial charge is 0.507 e. The van der Waals surface area contributed by atoms with Crippen LogP contribution in [0.2, 0.25) is 0 Å². The Bertz CT molecular complexity index is 4480. The Morgan fingerprint density at radius 2 is 1.01 bits per heavy atom. The summed E-state index contributed by atoms with van der Waals surface area (Å²) in [5.41, 5.74) is 20.8. The van der Waals surface area contributed by atoms with Crippen LogP contribution in [0.4, 0.5) is 0 Å². The molecule has 0 aliphatic heterocycles. The van der Waals surface area contributed by atoms with Crippen LogP contribution in [0.5, 0.6) is 5.75 Å². The summed E-state index contributed by atoms with van der Waals surface area (Å²) in [5.74, 6) is 0.856. The molecule has 12 aromatic rings. The molecule has 3 aromatic heterocycles. The topological polar surface area (TPSA) is 55.9 Å². The summed E-state index contributed by atoms with van der Waals surface area (Å²) in [7, 11) is 0. The van der Waals surface area contributed by atoms with E-state index in [9.17, 15) is 5.11 Å². The van der Waals surface area contributed by atoms with E-state index in [-0.39, 0.29) is 32.8 Å². The van der Waals surface area contributed by atoms with Crippen molar-refractivity contribution < 1.29 is 5.11 Å².